The monoisotopic (exact) mass is 372 g/mol. The van der Waals surface area contributed by atoms with Gasteiger partial charge >= 0.3 is 5.97 Å². The van der Waals surface area contributed by atoms with E-state index < -0.39 is 11.4 Å². The van der Waals surface area contributed by atoms with Crippen molar-refractivity contribution in [1.82, 2.24) is 4.90 Å². The summed E-state index contributed by atoms with van der Waals surface area (Å²) in [5.74, 6) is -0.755. The SMILES string of the molecule is O=C(O)CC1(CC(=O)Nc2ccc(CN3CCCC3=O)cc2)CCCCC1. The zero-order chi connectivity index (χ0) is 19.3. The molecule has 27 heavy (non-hydrogen) atoms. The largest absolute Gasteiger partial charge is 0.481 e. The number of nitrogens with zero attached hydrogens (tertiary/aromatic N) is 1. The highest BCUT2D eigenvalue weighted by molar-refractivity contribution is 5.91. The van der Waals surface area contributed by atoms with Crippen molar-refractivity contribution >= 4 is 23.5 Å². The zero-order valence-corrected chi connectivity index (χ0v) is 15.7. The molecule has 2 fully saturated rings. The average Bonchev–Trinajstić information content (AvgIpc) is 3.01. The number of carboxylic acids is 1. The first-order valence-electron chi connectivity index (χ1n) is 9.84. The maximum atomic E-state index is 12.5. The molecule has 1 heterocycles. The van der Waals surface area contributed by atoms with E-state index in [-0.39, 0.29) is 24.7 Å². The standard InChI is InChI=1S/C21H28N2O4/c24-18(13-21(14-20(26)27)10-2-1-3-11-21)22-17-8-6-16(7-9-17)15-23-12-4-5-19(23)25/h6-9H,1-5,10-15H2,(H,22,24)(H,26,27). The summed E-state index contributed by atoms with van der Waals surface area (Å²) in [6.45, 7) is 1.41. The molecular weight excluding hydrogens is 344 g/mol. The number of anilines is 1. The Morgan fingerprint density at radius 2 is 1.74 bits per heavy atom. The summed E-state index contributed by atoms with van der Waals surface area (Å²) in [7, 11) is 0. The highest BCUT2D eigenvalue weighted by Gasteiger charge is 2.36. The van der Waals surface area contributed by atoms with E-state index in [2.05, 4.69) is 5.32 Å². The lowest BCUT2D eigenvalue weighted by Crippen LogP contribution is -2.32. The predicted octanol–water partition coefficient (Wildman–Crippen LogP) is 3.56. The Morgan fingerprint density at radius 1 is 1.04 bits per heavy atom. The van der Waals surface area contributed by atoms with Crippen molar-refractivity contribution in [3.63, 3.8) is 0 Å². The van der Waals surface area contributed by atoms with Crippen molar-refractivity contribution in [3.05, 3.63) is 29.8 Å². The lowest BCUT2D eigenvalue weighted by Gasteiger charge is -2.35. The van der Waals surface area contributed by atoms with Gasteiger partial charge < -0.3 is 15.3 Å². The first-order valence-corrected chi connectivity index (χ1v) is 9.84. The third-order valence-corrected chi connectivity index (χ3v) is 5.76. The van der Waals surface area contributed by atoms with E-state index in [9.17, 15) is 19.5 Å². The van der Waals surface area contributed by atoms with Gasteiger partial charge in [-0.25, -0.2) is 0 Å². The van der Waals surface area contributed by atoms with Crippen LogP contribution in [0.25, 0.3) is 0 Å². The van der Waals surface area contributed by atoms with Crippen LogP contribution in [0.1, 0.15) is 63.4 Å². The molecule has 0 atom stereocenters. The summed E-state index contributed by atoms with van der Waals surface area (Å²) in [4.78, 5) is 37.3. The molecule has 0 aromatic heterocycles. The fraction of sp³-hybridized carbons (Fsp3) is 0.571. The molecule has 0 spiro atoms. The van der Waals surface area contributed by atoms with Crippen molar-refractivity contribution < 1.29 is 19.5 Å². The fourth-order valence-corrected chi connectivity index (χ4v) is 4.37. The van der Waals surface area contributed by atoms with E-state index >= 15 is 0 Å². The summed E-state index contributed by atoms with van der Waals surface area (Å²) in [5, 5.41) is 12.1. The Morgan fingerprint density at radius 3 is 2.33 bits per heavy atom. The highest BCUT2D eigenvalue weighted by Crippen LogP contribution is 2.42. The number of hydrogen-bond acceptors (Lipinski definition) is 3. The topological polar surface area (TPSA) is 86.7 Å². The van der Waals surface area contributed by atoms with Crippen LogP contribution in [0.15, 0.2) is 24.3 Å². The van der Waals surface area contributed by atoms with Crippen LogP contribution in [0.3, 0.4) is 0 Å². The van der Waals surface area contributed by atoms with Gasteiger partial charge in [-0.3, -0.25) is 14.4 Å². The Hall–Kier alpha value is -2.37. The number of hydrogen-bond donors (Lipinski definition) is 2. The molecule has 0 unspecified atom stereocenters. The summed E-state index contributed by atoms with van der Waals surface area (Å²) in [5.41, 5.74) is 1.33. The summed E-state index contributed by atoms with van der Waals surface area (Å²) in [6.07, 6.45) is 6.56. The van der Waals surface area contributed by atoms with E-state index in [0.29, 0.717) is 18.7 Å². The van der Waals surface area contributed by atoms with Crippen molar-refractivity contribution in [2.75, 3.05) is 11.9 Å². The fourth-order valence-electron chi connectivity index (χ4n) is 4.37. The van der Waals surface area contributed by atoms with Crippen LogP contribution in [-0.4, -0.2) is 34.3 Å². The van der Waals surface area contributed by atoms with Crippen molar-refractivity contribution in [2.24, 2.45) is 5.41 Å². The van der Waals surface area contributed by atoms with Crippen LogP contribution in [0, 0.1) is 5.41 Å². The van der Waals surface area contributed by atoms with Crippen LogP contribution < -0.4 is 5.32 Å². The van der Waals surface area contributed by atoms with E-state index in [1.54, 1.807) is 0 Å². The van der Waals surface area contributed by atoms with Crippen molar-refractivity contribution in [3.8, 4) is 0 Å². The molecule has 6 heteroatoms. The summed E-state index contributed by atoms with van der Waals surface area (Å²) < 4.78 is 0. The minimum absolute atomic E-state index is 0.0588. The molecule has 1 saturated heterocycles. The lowest BCUT2D eigenvalue weighted by molar-refractivity contribution is -0.141. The number of likely N-dealkylation sites (tertiary alicyclic amines) is 1. The van der Waals surface area contributed by atoms with Gasteiger partial charge in [0, 0.05) is 31.6 Å². The minimum atomic E-state index is -0.828. The molecule has 1 aromatic carbocycles. The second-order valence-electron chi connectivity index (χ2n) is 7.97. The second-order valence-corrected chi connectivity index (χ2v) is 7.97. The molecule has 1 aromatic rings. The maximum Gasteiger partial charge on any atom is 0.303 e. The van der Waals surface area contributed by atoms with E-state index in [4.69, 9.17) is 0 Å². The second kappa shape index (κ2) is 8.55. The minimum Gasteiger partial charge on any atom is -0.481 e. The third kappa shape index (κ3) is 5.31. The molecule has 1 aliphatic heterocycles. The molecule has 3 rings (SSSR count). The van der Waals surface area contributed by atoms with Gasteiger partial charge in [0.25, 0.3) is 0 Å². The third-order valence-electron chi connectivity index (χ3n) is 5.76. The number of carboxylic acid groups (broad SMARTS) is 1. The van der Waals surface area contributed by atoms with Gasteiger partial charge in [0.1, 0.15) is 0 Å². The van der Waals surface area contributed by atoms with E-state index in [0.717, 1.165) is 50.6 Å². The van der Waals surface area contributed by atoms with Crippen molar-refractivity contribution in [2.45, 2.75) is 64.3 Å². The Labute approximate surface area is 159 Å². The number of amides is 2. The predicted molar refractivity (Wildman–Crippen MR) is 102 cm³/mol. The van der Waals surface area contributed by atoms with E-state index in [1.165, 1.54) is 0 Å². The summed E-state index contributed by atoms with van der Waals surface area (Å²) in [6, 6.07) is 7.54. The lowest BCUT2D eigenvalue weighted by atomic mass is 9.69. The summed E-state index contributed by atoms with van der Waals surface area (Å²) >= 11 is 0. The Balaban J connectivity index is 1.56. The number of aliphatic carboxylic acids is 1. The van der Waals surface area contributed by atoms with Gasteiger partial charge in [-0.1, -0.05) is 31.4 Å². The number of benzene rings is 1. The molecule has 1 aliphatic carbocycles. The molecule has 0 radical (unpaired) electrons. The van der Waals surface area contributed by atoms with Crippen LogP contribution in [0.2, 0.25) is 0 Å². The van der Waals surface area contributed by atoms with Gasteiger partial charge in [-0.15, -0.1) is 0 Å². The van der Waals surface area contributed by atoms with Crippen LogP contribution in [0.5, 0.6) is 0 Å². The van der Waals surface area contributed by atoms with Crippen molar-refractivity contribution in [1.29, 1.82) is 0 Å². The number of carbonyl (C=O) groups is 3. The first-order chi connectivity index (χ1) is 13.0. The number of carbonyl (C=O) groups excluding carboxylic acids is 2. The smallest absolute Gasteiger partial charge is 0.303 e. The Bertz CT molecular complexity index is 693. The maximum absolute atomic E-state index is 12.5. The zero-order valence-electron chi connectivity index (χ0n) is 15.7. The molecule has 2 amide bonds. The number of nitrogens with one attached hydrogen (secondary N) is 1. The molecule has 0 bridgehead atoms. The molecule has 2 N–H and O–H groups in total. The van der Waals surface area contributed by atoms with Gasteiger partial charge in [-0.2, -0.15) is 0 Å². The highest BCUT2D eigenvalue weighted by atomic mass is 16.4. The molecule has 6 nitrogen and oxygen atoms in total. The van der Waals surface area contributed by atoms with E-state index in [1.807, 2.05) is 29.2 Å². The number of rotatable bonds is 7. The van der Waals surface area contributed by atoms with Crippen LogP contribution in [0.4, 0.5) is 5.69 Å². The average molecular weight is 372 g/mol. The van der Waals surface area contributed by atoms with Gasteiger partial charge in [0.15, 0.2) is 0 Å². The first kappa shape index (κ1) is 19.4. The van der Waals surface area contributed by atoms with Crippen LogP contribution in [-0.2, 0) is 20.9 Å². The molecule has 146 valence electrons. The molecule has 2 aliphatic rings. The van der Waals surface area contributed by atoms with Gasteiger partial charge in [0.2, 0.25) is 11.8 Å². The van der Waals surface area contributed by atoms with Gasteiger partial charge in [-0.05, 0) is 42.4 Å². The normalized spacial score (nSPS) is 19.1. The Kier molecular flexibility index (Phi) is 6.14. The molecule has 1 saturated carbocycles. The van der Waals surface area contributed by atoms with Gasteiger partial charge in [0.05, 0.1) is 6.42 Å². The molecular formula is C21H28N2O4. The van der Waals surface area contributed by atoms with Crippen LogP contribution >= 0.6 is 0 Å². The quantitative estimate of drug-likeness (QED) is 0.766.